The molecule has 3 fully saturated rings. The van der Waals surface area contributed by atoms with Crippen LogP contribution in [0.15, 0.2) is 12.7 Å². The molecule has 1 saturated carbocycles. The minimum atomic E-state index is -3.38. The molecular formula is C36H62N6O7S. The van der Waals surface area contributed by atoms with Crippen molar-refractivity contribution in [3.05, 3.63) is 12.7 Å². The van der Waals surface area contributed by atoms with E-state index in [1.165, 1.54) is 10.4 Å². The molecule has 0 spiro atoms. The molecule has 2 heterocycles. The first-order chi connectivity index (χ1) is 23.5. The van der Waals surface area contributed by atoms with Gasteiger partial charge in [0.25, 0.3) is 5.91 Å². The summed E-state index contributed by atoms with van der Waals surface area (Å²) in [6.45, 7) is 16.3. The Bertz CT molecular complexity index is 1320. The average molecular weight is 723 g/mol. The summed E-state index contributed by atoms with van der Waals surface area (Å²) in [5, 5.41) is 11.3. The van der Waals surface area contributed by atoms with Gasteiger partial charge >= 0.3 is 6.03 Å². The Labute approximate surface area is 299 Å². The van der Waals surface area contributed by atoms with Crippen molar-refractivity contribution in [1.29, 1.82) is 0 Å². The standard InChI is InChI=1S/C36H62N6O7S/c1-8-10-17-27(31(43)33(45)37-19-9-2)38-32(44)30-26(24(3)4)18-21-42(30)34(46)29(25-15-12-11-13-16-25)40-35(47)39-28(36(5,6)7)23-41-20-14-22-50(41,48)49/h9,24-30H,2,8,10-23H2,1,3-7H3,(H,37,45)(H,38,44)(H2,39,40,47)/t26-,27?,28-,29+,30+/m1/s1. The third kappa shape index (κ3) is 11.0. The molecule has 2 saturated heterocycles. The second-order valence-electron chi connectivity index (χ2n) is 15.7. The average Bonchev–Trinajstić information content (AvgIpc) is 3.66. The molecule has 1 unspecified atom stereocenters. The first-order valence-electron chi connectivity index (χ1n) is 18.6. The first kappa shape index (κ1) is 41.4. The summed E-state index contributed by atoms with van der Waals surface area (Å²) < 4.78 is 26.6. The molecule has 3 aliphatic rings. The van der Waals surface area contributed by atoms with Crippen molar-refractivity contribution in [1.82, 2.24) is 30.5 Å². The maximum Gasteiger partial charge on any atom is 0.315 e. The number of carbonyl (C=O) groups excluding carboxylic acids is 5. The molecule has 5 amide bonds. The molecule has 1 aliphatic carbocycles. The Morgan fingerprint density at radius 2 is 1.62 bits per heavy atom. The van der Waals surface area contributed by atoms with Crippen molar-refractivity contribution in [2.45, 2.75) is 130 Å². The van der Waals surface area contributed by atoms with Crippen molar-refractivity contribution in [3.8, 4) is 0 Å². The van der Waals surface area contributed by atoms with E-state index in [9.17, 15) is 32.4 Å². The number of unbranched alkanes of at least 4 members (excludes halogenated alkanes) is 1. The Morgan fingerprint density at radius 1 is 0.940 bits per heavy atom. The maximum absolute atomic E-state index is 14.6. The van der Waals surface area contributed by atoms with Gasteiger partial charge in [-0.25, -0.2) is 13.2 Å². The molecule has 5 atom stereocenters. The van der Waals surface area contributed by atoms with Gasteiger partial charge < -0.3 is 26.2 Å². The number of amides is 5. The van der Waals surface area contributed by atoms with E-state index in [2.05, 4.69) is 27.8 Å². The summed E-state index contributed by atoms with van der Waals surface area (Å²) in [7, 11) is -3.38. The number of hydrogen-bond donors (Lipinski definition) is 4. The summed E-state index contributed by atoms with van der Waals surface area (Å²) in [6, 6.07) is -3.88. The summed E-state index contributed by atoms with van der Waals surface area (Å²) in [4.78, 5) is 69.8. The lowest BCUT2D eigenvalue weighted by Crippen LogP contribution is -2.61. The molecule has 2 aliphatic heterocycles. The van der Waals surface area contributed by atoms with Crippen LogP contribution in [0.5, 0.6) is 0 Å². The van der Waals surface area contributed by atoms with Gasteiger partial charge in [-0.1, -0.05) is 79.7 Å². The Kier molecular flexibility index (Phi) is 15.3. The summed E-state index contributed by atoms with van der Waals surface area (Å²) in [5.41, 5.74) is -0.475. The van der Waals surface area contributed by atoms with Crippen LogP contribution in [0.4, 0.5) is 4.79 Å². The number of sulfonamides is 1. The minimum Gasteiger partial charge on any atom is -0.346 e. The number of nitrogens with zero attached hydrogens (tertiary/aromatic N) is 2. The second-order valence-corrected chi connectivity index (χ2v) is 17.8. The fourth-order valence-corrected chi connectivity index (χ4v) is 8.98. The minimum absolute atomic E-state index is 0.0445. The summed E-state index contributed by atoms with van der Waals surface area (Å²) in [6.07, 6.45) is 8.63. The zero-order valence-electron chi connectivity index (χ0n) is 31.1. The summed E-state index contributed by atoms with van der Waals surface area (Å²) >= 11 is 0. The molecule has 3 rings (SSSR count). The molecule has 0 aromatic heterocycles. The lowest BCUT2D eigenvalue weighted by atomic mass is 9.82. The van der Waals surface area contributed by atoms with Gasteiger partial charge in [-0.3, -0.25) is 19.2 Å². The number of Topliss-reactive ketones (excluding diaryl/α,β-unsaturated/α-hetero) is 1. The van der Waals surface area contributed by atoms with E-state index in [-0.39, 0.29) is 48.9 Å². The highest BCUT2D eigenvalue weighted by atomic mass is 32.2. The van der Waals surface area contributed by atoms with Crippen LogP contribution in [0, 0.1) is 23.2 Å². The van der Waals surface area contributed by atoms with Gasteiger partial charge in [0.05, 0.1) is 11.8 Å². The van der Waals surface area contributed by atoms with Crippen LogP contribution in [-0.2, 0) is 29.2 Å². The van der Waals surface area contributed by atoms with Crippen LogP contribution in [-0.4, -0.2) is 103 Å². The topological polar surface area (TPSA) is 174 Å². The number of nitrogens with one attached hydrogen (secondary N) is 4. The number of ketones is 1. The fourth-order valence-electron chi connectivity index (χ4n) is 7.45. The predicted octanol–water partition coefficient (Wildman–Crippen LogP) is 3.10. The number of hydrogen-bond acceptors (Lipinski definition) is 7. The van der Waals surface area contributed by atoms with E-state index < -0.39 is 63.2 Å². The first-order valence-corrected chi connectivity index (χ1v) is 20.2. The SMILES string of the molecule is C=CCNC(=O)C(=O)C(CCCC)NC(=O)[C@@H]1[C@@H](C(C)C)CCN1C(=O)[C@@H](NC(=O)N[C@H](CN1CCCS1(=O)=O)C(C)(C)C)C1CCCCC1. The normalized spacial score (nSPS) is 23.1. The van der Waals surface area contributed by atoms with E-state index in [4.69, 9.17) is 0 Å². The van der Waals surface area contributed by atoms with Gasteiger partial charge in [0, 0.05) is 32.2 Å². The molecule has 0 aromatic carbocycles. The number of rotatable bonds is 16. The van der Waals surface area contributed by atoms with Gasteiger partial charge in [-0.15, -0.1) is 6.58 Å². The Balaban J connectivity index is 1.87. The molecule has 50 heavy (non-hydrogen) atoms. The molecule has 0 bridgehead atoms. The monoisotopic (exact) mass is 722 g/mol. The Morgan fingerprint density at radius 3 is 2.18 bits per heavy atom. The Hall–Kier alpha value is -3.00. The van der Waals surface area contributed by atoms with Crippen molar-refractivity contribution in [2.75, 3.05) is 31.9 Å². The van der Waals surface area contributed by atoms with Crippen molar-refractivity contribution in [2.24, 2.45) is 23.2 Å². The van der Waals surface area contributed by atoms with E-state index >= 15 is 0 Å². The van der Waals surface area contributed by atoms with Crippen molar-refractivity contribution >= 4 is 39.6 Å². The second kappa shape index (κ2) is 18.5. The molecule has 0 radical (unpaired) electrons. The van der Waals surface area contributed by atoms with Crippen LogP contribution in [0.3, 0.4) is 0 Å². The van der Waals surface area contributed by atoms with Gasteiger partial charge in [-0.05, 0) is 55.3 Å². The van der Waals surface area contributed by atoms with E-state index in [0.29, 0.717) is 32.4 Å². The highest BCUT2D eigenvalue weighted by molar-refractivity contribution is 7.89. The highest BCUT2D eigenvalue weighted by Crippen LogP contribution is 2.34. The van der Waals surface area contributed by atoms with Crippen LogP contribution in [0.25, 0.3) is 0 Å². The van der Waals surface area contributed by atoms with Crippen LogP contribution >= 0.6 is 0 Å². The zero-order chi connectivity index (χ0) is 37.2. The van der Waals surface area contributed by atoms with Crippen molar-refractivity contribution in [3.63, 3.8) is 0 Å². The van der Waals surface area contributed by atoms with Gasteiger partial charge in [0.1, 0.15) is 12.1 Å². The van der Waals surface area contributed by atoms with Crippen LogP contribution in [0.1, 0.15) is 106 Å². The predicted molar refractivity (Wildman–Crippen MR) is 193 cm³/mol. The lowest BCUT2D eigenvalue weighted by molar-refractivity contribution is -0.144. The van der Waals surface area contributed by atoms with Crippen LogP contribution in [0.2, 0.25) is 0 Å². The van der Waals surface area contributed by atoms with Gasteiger partial charge in [-0.2, -0.15) is 4.31 Å². The lowest BCUT2D eigenvalue weighted by Gasteiger charge is -2.38. The van der Waals surface area contributed by atoms with Crippen molar-refractivity contribution < 1.29 is 32.4 Å². The third-order valence-corrected chi connectivity index (χ3v) is 12.5. The largest absolute Gasteiger partial charge is 0.346 e. The molecule has 13 nitrogen and oxygen atoms in total. The molecule has 284 valence electrons. The number of carbonyl (C=O) groups is 5. The molecule has 14 heteroatoms. The third-order valence-electron chi connectivity index (χ3n) is 10.6. The summed E-state index contributed by atoms with van der Waals surface area (Å²) in [5.74, 6) is -2.55. The highest BCUT2D eigenvalue weighted by Gasteiger charge is 2.47. The zero-order valence-corrected chi connectivity index (χ0v) is 31.9. The number of likely N-dealkylation sites (tertiary alicyclic amines) is 1. The van der Waals surface area contributed by atoms with Crippen LogP contribution < -0.4 is 21.3 Å². The van der Waals surface area contributed by atoms with E-state index in [0.717, 1.165) is 38.5 Å². The quantitative estimate of drug-likeness (QED) is 0.140. The maximum atomic E-state index is 14.6. The van der Waals surface area contributed by atoms with Gasteiger partial charge in [0.2, 0.25) is 27.6 Å². The van der Waals surface area contributed by atoms with E-state index in [1.54, 1.807) is 4.90 Å². The molecule has 0 aromatic rings. The smallest absolute Gasteiger partial charge is 0.315 e. The van der Waals surface area contributed by atoms with E-state index in [1.807, 2.05) is 41.5 Å². The molecule has 4 N–H and O–H groups in total. The van der Waals surface area contributed by atoms with Gasteiger partial charge in [0.15, 0.2) is 0 Å². The number of urea groups is 1. The fraction of sp³-hybridized carbons (Fsp3) is 0.806. The molecular weight excluding hydrogens is 660 g/mol.